The summed E-state index contributed by atoms with van der Waals surface area (Å²) in [6.45, 7) is 9.22. The fourth-order valence-corrected chi connectivity index (χ4v) is 2.51. The molecule has 0 aliphatic heterocycles. The van der Waals surface area contributed by atoms with Crippen molar-refractivity contribution in [1.82, 2.24) is 4.90 Å². The maximum Gasteiger partial charge on any atom is 0.226 e. The van der Waals surface area contributed by atoms with Gasteiger partial charge in [-0.1, -0.05) is 39.9 Å². The van der Waals surface area contributed by atoms with Crippen molar-refractivity contribution in [3.8, 4) is 0 Å². The minimum absolute atomic E-state index is 0.0988. The normalized spacial score (nSPS) is 21.6. The van der Waals surface area contributed by atoms with Crippen LogP contribution in [-0.4, -0.2) is 29.4 Å². The molecule has 0 radical (unpaired) electrons. The molecule has 0 heterocycles. The van der Waals surface area contributed by atoms with Crippen molar-refractivity contribution in [1.29, 1.82) is 0 Å². The highest BCUT2D eigenvalue weighted by atomic mass is 32.1. The summed E-state index contributed by atoms with van der Waals surface area (Å²) in [5.41, 5.74) is 5.63. The van der Waals surface area contributed by atoms with Crippen LogP contribution in [-0.2, 0) is 4.79 Å². The minimum Gasteiger partial charge on any atom is -0.393 e. The Hall–Kier alpha value is -0.640. The lowest BCUT2D eigenvalue weighted by Crippen LogP contribution is -2.32. The second-order valence-electron chi connectivity index (χ2n) is 5.85. The number of hydrogen-bond donors (Lipinski definition) is 1. The first-order chi connectivity index (χ1) is 7.12. The van der Waals surface area contributed by atoms with Crippen LogP contribution in [0, 0.1) is 16.7 Å². The average Bonchev–Trinajstić information content (AvgIpc) is 2.52. The van der Waals surface area contributed by atoms with Crippen LogP contribution in [0.25, 0.3) is 0 Å². The lowest BCUT2D eigenvalue weighted by molar-refractivity contribution is -0.132. The summed E-state index contributed by atoms with van der Waals surface area (Å²) in [7, 11) is 1.82. The van der Waals surface area contributed by atoms with Crippen LogP contribution in [0.3, 0.4) is 0 Å². The molecule has 0 aromatic carbocycles. The first kappa shape index (κ1) is 13.4. The molecule has 1 aliphatic carbocycles. The first-order valence-corrected chi connectivity index (χ1v) is 6.06. The van der Waals surface area contributed by atoms with Crippen LogP contribution in [0.1, 0.15) is 34.1 Å². The summed E-state index contributed by atoms with van der Waals surface area (Å²) >= 11 is 4.81. The van der Waals surface area contributed by atoms with Crippen LogP contribution in [0.5, 0.6) is 0 Å². The van der Waals surface area contributed by atoms with E-state index in [4.69, 9.17) is 18.0 Å². The van der Waals surface area contributed by atoms with Gasteiger partial charge in [-0.2, -0.15) is 0 Å². The highest BCUT2D eigenvalue weighted by molar-refractivity contribution is 7.80. The van der Waals surface area contributed by atoms with Gasteiger partial charge in [0.1, 0.15) is 0 Å². The lowest BCUT2D eigenvalue weighted by atomic mass is 10.0. The van der Waals surface area contributed by atoms with Crippen molar-refractivity contribution in [2.75, 3.05) is 13.6 Å². The monoisotopic (exact) mass is 242 g/mol. The molecule has 4 heteroatoms. The Balaban J connectivity index is 2.57. The van der Waals surface area contributed by atoms with Crippen LogP contribution < -0.4 is 5.73 Å². The summed E-state index contributed by atoms with van der Waals surface area (Å²) < 4.78 is 0. The quantitative estimate of drug-likeness (QED) is 0.765. The standard InChI is InChI=1S/C12H22N2OS/c1-11(2)9(12(11,3)4)10(15)14(5)7-6-8(13)16/h9H,6-7H2,1-5H3,(H2,13,16). The molecule has 0 unspecified atom stereocenters. The number of carbonyl (C=O) groups is 1. The smallest absolute Gasteiger partial charge is 0.226 e. The summed E-state index contributed by atoms with van der Waals surface area (Å²) in [5.74, 6) is 0.336. The van der Waals surface area contributed by atoms with Crippen molar-refractivity contribution in [3.05, 3.63) is 0 Å². The molecule has 0 aromatic heterocycles. The number of nitrogens with two attached hydrogens (primary N) is 1. The Bertz CT molecular complexity index is 309. The summed E-state index contributed by atoms with van der Waals surface area (Å²) in [6.07, 6.45) is 0.602. The topological polar surface area (TPSA) is 46.3 Å². The Morgan fingerprint density at radius 1 is 1.31 bits per heavy atom. The van der Waals surface area contributed by atoms with Crippen LogP contribution in [0.15, 0.2) is 0 Å². The molecule has 0 saturated heterocycles. The molecule has 0 bridgehead atoms. The second-order valence-corrected chi connectivity index (χ2v) is 6.38. The number of hydrogen-bond acceptors (Lipinski definition) is 2. The number of thiocarbonyl (C=S) groups is 1. The van der Waals surface area contributed by atoms with E-state index >= 15 is 0 Å². The summed E-state index contributed by atoms with van der Waals surface area (Å²) in [6, 6.07) is 0. The van der Waals surface area contributed by atoms with Crippen molar-refractivity contribution >= 4 is 23.1 Å². The van der Waals surface area contributed by atoms with Gasteiger partial charge in [0.2, 0.25) is 5.91 Å². The van der Waals surface area contributed by atoms with E-state index in [0.29, 0.717) is 18.0 Å². The van der Waals surface area contributed by atoms with E-state index in [-0.39, 0.29) is 22.7 Å². The number of amides is 1. The van der Waals surface area contributed by atoms with E-state index in [2.05, 4.69) is 27.7 Å². The van der Waals surface area contributed by atoms with E-state index in [1.165, 1.54) is 0 Å². The second kappa shape index (κ2) is 3.99. The molecule has 1 aliphatic rings. The molecule has 1 saturated carbocycles. The zero-order valence-electron chi connectivity index (χ0n) is 10.8. The highest BCUT2D eigenvalue weighted by Crippen LogP contribution is 2.68. The van der Waals surface area contributed by atoms with Crippen molar-refractivity contribution < 1.29 is 4.79 Å². The Kier molecular flexibility index (Phi) is 3.34. The largest absolute Gasteiger partial charge is 0.393 e. The third kappa shape index (κ3) is 2.08. The Morgan fingerprint density at radius 2 is 1.75 bits per heavy atom. The molecule has 1 rings (SSSR count). The zero-order valence-corrected chi connectivity index (χ0v) is 11.6. The SMILES string of the molecule is CN(CCC(N)=S)C(=O)C1C(C)(C)C1(C)C. The maximum absolute atomic E-state index is 12.2. The van der Waals surface area contributed by atoms with Gasteiger partial charge in [-0.25, -0.2) is 0 Å². The van der Waals surface area contributed by atoms with Crippen LogP contribution in [0.4, 0.5) is 0 Å². The molecule has 3 nitrogen and oxygen atoms in total. The van der Waals surface area contributed by atoms with E-state index in [1.807, 2.05) is 7.05 Å². The highest BCUT2D eigenvalue weighted by Gasteiger charge is 2.68. The van der Waals surface area contributed by atoms with E-state index in [9.17, 15) is 4.79 Å². The molecule has 1 amide bonds. The number of carbonyl (C=O) groups excluding carboxylic acids is 1. The minimum atomic E-state index is 0.0988. The van der Waals surface area contributed by atoms with Crippen molar-refractivity contribution in [2.24, 2.45) is 22.5 Å². The molecule has 0 spiro atoms. The van der Waals surface area contributed by atoms with Gasteiger partial charge >= 0.3 is 0 Å². The van der Waals surface area contributed by atoms with Gasteiger partial charge in [-0.3, -0.25) is 4.79 Å². The van der Waals surface area contributed by atoms with Gasteiger partial charge in [-0.15, -0.1) is 0 Å². The average molecular weight is 242 g/mol. The molecule has 2 N–H and O–H groups in total. The van der Waals surface area contributed by atoms with Gasteiger partial charge in [0, 0.05) is 25.9 Å². The fourth-order valence-electron chi connectivity index (χ4n) is 2.42. The Morgan fingerprint density at radius 3 is 2.06 bits per heavy atom. The summed E-state index contributed by atoms with van der Waals surface area (Å²) in [4.78, 5) is 14.4. The third-order valence-electron chi connectivity index (χ3n) is 4.34. The molecule has 1 fully saturated rings. The molecular formula is C12H22N2OS. The fraction of sp³-hybridized carbons (Fsp3) is 0.833. The third-order valence-corrected chi connectivity index (χ3v) is 4.54. The van der Waals surface area contributed by atoms with Gasteiger partial charge in [-0.05, 0) is 10.8 Å². The van der Waals surface area contributed by atoms with Gasteiger partial charge in [0.25, 0.3) is 0 Å². The molecule has 0 aromatic rings. The van der Waals surface area contributed by atoms with Crippen molar-refractivity contribution in [2.45, 2.75) is 34.1 Å². The predicted octanol–water partition coefficient (Wildman–Crippen LogP) is 1.80. The zero-order chi connectivity index (χ0) is 12.7. The first-order valence-electron chi connectivity index (χ1n) is 5.65. The van der Waals surface area contributed by atoms with Crippen LogP contribution in [0.2, 0.25) is 0 Å². The number of nitrogens with zero attached hydrogens (tertiary/aromatic N) is 1. The molecule has 16 heavy (non-hydrogen) atoms. The van der Waals surface area contributed by atoms with Gasteiger partial charge in [0.15, 0.2) is 0 Å². The number of rotatable bonds is 4. The van der Waals surface area contributed by atoms with Crippen molar-refractivity contribution in [3.63, 3.8) is 0 Å². The predicted molar refractivity (Wildman–Crippen MR) is 70.1 cm³/mol. The van der Waals surface area contributed by atoms with E-state index in [1.54, 1.807) is 4.90 Å². The van der Waals surface area contributed by atoms with Gasteiger partial charge in [0.05, 0.1) is 4.99 Å². The molecular weight excluding hydrogens is 220 g/mol. The lowest BCUT2D eigenvalue weighted by Gasteiger charge is -2.17. The molecule has 92 valence electrons. The van der Waals surface area contributed by atoms with E-state index < -0.39 is 0 Å². The molecule has 0 atom stereocenters. The van der Waals surface area contributed by atoms with E-state index in [0.717, 1.165) is 0 Å². The van der Waals surface area contributed by atoms with Crippen LogP contribution >= 0.6 is 12.2 Å². The Labute approximate surface area is 103 Å². The summed E-state index contributed by atoms with van der Waals surface area (Å²) in [5, 5.41) is 0. The van der Waals surface area contributed by atoms with Gasteiger partial charge < -0.3 is 10.6 Å². The maximum atomic E-state index is 12.2.